The summed E-state index contributed by atoms with van der Waals surface area (Å²) in [6.07, 6.45) is 0. The molecule has 88 valence electrons. The van der Waals surface area contributed by atoms with Crippen LogP contribution >= 0.6 is 27.3 Å². The second kappa shape index (κ2) is 4.66. The van der Waals surface area contributed by atoms with Crippen LogP contribution in [0.25, 0.3) is 0 Å². The minimum atomic E-state index is -1.08. The lowest BCUT2D eigenvalue weighted by atomic mass is 10.1. The van der Waals surface area contributed by atoms with Crippen LogP contribution < -0.4 is 0 Å². The number of ketones is 1. The van der Waals surface area contributed by atoms with E-state index in [-0.39, 0.29) is 11.1 Å². The van der Waals surface area contributed by atoms with Crippen molar-refractivity contribution in [1.82, 2.24) is 0 Å². The molecule has 0 bridgehead atoms. The van der Waals surface area contributed by atoms with Crippen molar-refractivity contribution in [3.8, 4) is 0 Å². The van der Waals surface area contributed by atoms with Crippen molar-refractivity contribution in [2.24, 2.45) is 0 Å². The Morgan fingerprint density at radius 1 is 1.29 bits per heavy atom. The minimum absolute atomic E-state index is 0.186. The zero-order valence-corrected chi connectivity index (χ0v) is 11.2. The molecule has 1 heterocycles. The van der Waals surface area contributed by atoms with Gasteiger partial charge >= 0.3 is 0 Å². The summed E-state index contributed by atoms with van der Waals surface area (Å²) in [5, 5.41) is 1.72. The molecule has 0 aliphatic rings. The second-order valence-electron chi connectivity index (χ2n) is 3.52. The van der Waals surface area contributed by atoms with Crippen LogP contribution in [0.2, 0.25) is 0 Å². The molecule has 0 spiro atoms. The van der Waals surface area contributed by atoms with Crippen LogP contribution in [0.15, 0.2) is 28.1 Å². The number of halogens is 3. The summed E-state index contributed by atoms with van der Waals surface area (Å²) in [5.74, 6) is -2.55. The quantitative estimate of drug-likeness (QED) is 0.754. The van der Waals surface area contributed by atoms with Crippen molar-refractivity contribution in [2.75, 3.05) is 0 Å². The molecule has 2 aromatic rings. The van der Waals surface area contributed by atoms with Gasteiger partial charge in [-0.25, -0.2) is 8.78 Å². The molecular weight excluding hydrogens is 310 g/mol. The Hall–Kier alpha value is -1.07. The summed E-state index contributed by atoms with van der Waals surface area (Å²) in [6, 6.07) is 4.29. The summed E-state index contributed by atoms with van der Waals surface area (Å²) in [6.45, 7) is 1.45. The van der Waals surface area contributed by atoms with E-state index in [0.717, 1.165) is 4.47 Å². The van der Waals surface area contributed by atoms with Gasteiger partial charge in [-0.2, -0.15) is 0 Å². The molecule has 5 heteroatoms. The van der Waals surface area contributed by atoms with E-state index in [1.165, 1.54) is 30.4 Å². The summed E-state index contributed by atoms with van der Waals surface area (Å²) < 4.78 is 27.7. The molecule has 1 aromatic carbocycles. The van der Waals surface area contributed by atoms with Crippen LogP contribution in [0.3, 0.4) is 0 Å². The van der Waals surface area contributed by atoms with Crippen molar-refractivity contribution < 1.29 is 13.6 Å². The van der Waals surface area contributed by atoms with Crippen LogP contribution in [-0.4, -0.2) is 5.78 Å². The van der Waals surface area contributed by atoms with Crippen LogP contribution in [0.4, 0.5) is 8.78 Å². The van der Waals surface area contributed by atoms with E-state index in [0.29, 0.717) is 4.88 Å². The first-order valence-corrected chi connectivity index (χ1v) is 6.41. The Morgan fingerprint density at radius 2 is 2.00 bits per heavy atom. The molecule has 0 amide bonds. The Kier molecular flexibility index (Phi) is 3.40. The SMILES string of the molecule is Cc1ccc(C(=O)c2cc(Br)cs2)c(F)c1F. The summed E-state index contributed by atoms with van der Waals surface area (Å²) in [4.78, 5) is 12.3. The number of carbonyl (C=O) groups is 1. The predicted molar refractivity (Wildman–Crippen MR) is 66.5 cm³/mol. The lowest BCUT2D eigenvalue weighted by Crippen LogP contribution is -2.05. The second-order valence-corrected chi connectivity index (χ2v) is 5.34. The van der Waals surface area contributed by atoms with Gasteiger partial charge in [0.1, 0.15) is 0 Å². The van der Waals surface area contributed by atoms with Crippen molar-refractivity contribution in [2.45, 2.75) is 6.92 Å². The highest BCUT2D eigenvalue weighted by atomic mass is 79.9. The first-order chi connectivity index (χ1) is 8.00. The largest absolute Gasteiger partial charge is 0.288 e. The molecular formula is C12H7BrF2OS. The zero-order valence-electron chi connectivity index (χ0n) is 8.76. The molecule has 0 fully saturated rings. The molecule has 0 unspecified atom stereocenters. The molecule has 0 saturated heterocycles. The summed E-state index contributed by atoms with van der Waals surface area (Å²) in [5.41, 5.74) is -0.0474. The smallest absolute Gasteiger partial charge is 0.206 e. The van der Waals surface area contributed by atoms with E-state index < -0.39 is 17.4 Å². The Morgan fingerprint density at radius 3 is 2.59 bits per heavy atom. The third-order valence-corrected chi connectivity index (χ3v) is 4.00. The van der Waals surface area contributed by atoms with Gasteiger partial charge in [-0.05, 0) is 40.5 Å². The van der Waals surface area contributed by atoms with Crippen molar-refractivity contribution >= 4 is 33.0 Å². The van der Waals surface area contributed by atoms with Gasteiger partial charge in [0.25, 0.3) is 0 Å². The third kappa shape index (κ3) is 2.30. The van der Waals surface area contributed by atoms with Gasteiger partial charge in [0, 0.05) is 9.85 Å². The lowest BCUT2D eigenvalue weighted by molar-refractivity contribution is 0.103. The number of rotatable bonds is 2. The van der Waals surface area contributed by atoms with Gasteiger partial charge in [0.05, 0.1) is 10.4 Å². The molecule has 1 aromatic heterocycles. The number of carbonyl (C=O) groups excluding carboxylic acids is 1. The zero-order chi connectivity index (χ0) is 12.6. The maximum absolute atomic E-state index is 13.6. The van der Waals surface area contributed by atoms with E-state index in [9.17, 15) is 13.6 Å². The monoisotopic (exact) mass is 316 g/mol. The molecule has 0 aliphatic heterocycles. The average Bonchev–Trinajstić information content (AvgIpc) is 2.72. The molecule has 0 radical (unpaired) electrons. The fourth-order valence-electron chi connectivity index (χ4n) is 1.39. The van der Waals surface area contributed by atoms with E-state index in [1.54, 1.807) is 11.4 Å². The predicted octanol–water partition coefficient (Wildman–Crippen LogP) is 4.33. The molecule has 1 nitrogen and oxygen atoms in total. The highest BCUT2D eigenvalue weighted by Crippen LogP contribution is 2.25. The van der Waals surface area contributed by atoms with E-state index in [1.807, 2.05) is 0 Å². The highest BCUT2D eigenvalue weighted by molar-refractivity contribution is 9.10. The number of aryl methyl sites for hydroxylation is 1. The Labute approximate surface area is 109 Å². The fraction of sp³-hybridized carbons (Fsp3) is 0.0833. The topological polar surface area (TPSA) is 17.1 Å². The van der Waals surface area contributed by atoms with Gasteiger partial charge in [0.15, 0.2) is 11.6 Å². The summed E-state index contributed by atoms with van der Waals surface area (Å²) in [7, 11) is 0. The van der Waals surface area contributed by atoms with Crippen molar-refractivity contribution in [3.63, 3.8) is 0 Å². The first-order valence-electron chi connectivity index (χ1n) is 4.74. The van der Waals surface area contributed by atoms with Crippen molar-refractivity contribution in [3.05, 3.63) is 55.7 Å². The number of benzene rings is 1. The lowest BCUT2D eigenvalue weighted by Gasteiger charge is -2.03. The number of hydrogen-bond donors (Lipinski definition) is 0. The first kappa shape index (κ1) is 12.4. The molecule has 0 saturated carbocycles. The molecule has 0 aliphatic carbocycles. The summed E-state index contributed by atoms with van der Waals surface area (Å²) >= 11 is 4.39. The van der Waals surface area contributed by atoms with E-state index >= 15 is 0 Å². The van der Waals surface area contributed by atoms with E-state index in [4.69, 9.17) is 0 Å². The number of thiophene rings is 1. The fourth-order valence-corrected chi connectivity index (χ4v) is 2.77. The minimum Gasteiger partial charge on any atom is -0.288 e. The van der Waals surface area contributed by atoms with Gasteiger partial charge in [-0.1, -0.05) is 6.07 Å². The highest BCUT2D eigenvalue weighted by Gasteiger charge is 2.19. The van der Waals surface area contributed by atoms with Crippen molar-refractivity contribution in [1.29, 1.82) is 0 Å². The number of hydrogen-bond acceptors (Lipinski definition) is 2. The average molecular weight is 317 g/mol. The van der Waals surface area contributed by atoms with E-state index in [2.05, 4.69) is 15.9 Å². The molecule has 17 heavy (non-hydrogen) atoms. The maximum atomic E-state index is 13.6. The molecule has 0 N–H and O–H groups in total. The Bertz CT molecular complexity index is 592. The van der Waals surface area contributed by atoms with Crippen LogP contribution in [-0.2, 0) is 0 Å². The van der Waals surface area contributed by atoms with Gasteiger partial charge < -0.3 is 0 Å². The van der Waals surface area contributed by atoms with Gasteiger partial charge in [0.2, 0.25) is 5.78 Å². The van der Waals surface area contributed by atoms with Gasteiger partial charge in [-0.15, -0.1) is 11.3 Å². The Balaban J connectivity index is 2.48. The van der Waals surface area contributed by atoms with Gasteiger partial charge in [-0.3, -0.25) is 4.79 Å². The molecule has 0 atom stereocenters. The standard InChI is InChI=1S/C12H7BrF2OS/c1-6-2-3-8(11(15)10(6)14)12(16)9-4-7(13)5-17-9/h2-5H,1H3. The van der Waals surface area contributed by atoms with Crippen LogP contribution in [0.5, 0.6) is 0 Å². The molecule has 2 rings (SSSR count). The van der Waals surface area contributed by atoms with Crippen LogP contribution in [0.1, 0.15) is 20.8 Å². The third-order valence-electron chi connectivity index (χ3n) is 2.31. The normalized spacial score (nSPS) is 10.6. The van der Waals surface area contributed by atoms with Crippen LogP contribution in [0, 0.1) is 18.6 Å². The maximum Gasteiger partial charge on any atom is 0.206 e.